The Morgan fingerprint density at radius 1 is 1.04 bits per heavy atom. The van der Waals surface area contributed by atoms with E-state index in [1.54, 1.807) is 6.92 Å². The highest BCUT2D eigenvalue weighted by molar-refractivity contribution is 5.90. The Kier molecular flexibility index (Phi) is 4.97. The zero-order valence-electron chi connectivity index (χ0n) is 14.1. The molecule has 0 radical (unpaired) electrons. The molecule has 3 aromatic rings. The summed E-state index contributed by atoms with van der Waals surface area (Å²) in [6.45, 7) is 1.74. The van der Waals surface area contributed by atoms with Crippen LogP contribution in [0.2, 0.25) is 0 Å². The minimum atomic E-state index is -0.386. The average molecular weight is 357 g/mol. The number of aromatic nitrogens is 2. The second kappa shape index (κ2) is 7.35. The van der Waals surface area contributed by atoms with E-state index in [9.17, 15) is 18.4 Å². The van der Waals surface area contributed by atoms with Gasteiger partial charge in [-0.1, -0.05) is 0 Å². The first kappa shape index (κ1) is 17.6. The van der Waals surface area contributed by atoms with Crippen molar-refractivity contribution < 1.29 is 13.6 Å². The molecule has 7 heteroatoms. The molecule has 0 aliphatic heterocycles. The van der Waals surface area contributed by atoms with Crippen LogP contribution in [0.1, 0.15) is 17.7 Å². The predicted molar refractivity (Wildman–Crippen MR) is 94.4 cm³/mol. The number of H-pyrrole nitrogens is 1. The third-order valence-electron chi connectivity index (χ3n) is 4.01. The predicted octanol–water partition coefficient (Wildman–Crippen LogP) is 3.32. The number of rotatable bonds is 5. The first-order chi connectivity index (χ1) is 12.4. The van der Waals surface area contributed by atoms with Crippen LogP contribution in [0, 0.1) is 18.6 Å². The molecule has 1 heterocycles. The van der Waals surface area contributed by atoms with Crippen LogP contribution in [-0.4, -0.2) is 15.7 Å². The van der Waals surface area contributed by atoms with E-state index in [-0.39, 0.29) is 35.9 Å². The number of amides is 1. The van der Waals surface area contributed by atoms with E-state index in [1.807, 2.05) is 0 Å². The zero-order valence-corrected chi connectivity index (χ0v) is 14.1. The largest absolute Gasteiger partial charge is 0.326 e. The minimum absolute atomic E-state index is 0.106. The maximum absolute atomic E-state index is 13.0. The maximum Gasteiger partial charge on any atom is 0.274 e. The summed E-state index contributed by atoms with van der Waals surface area (Å²) < 4.78 is 27.2. The van der Waals surface area contributed by atoms with Gasteiger partial charge in [0.05, 0.1) is 5.69 Å². The molecule has 5 nitrogen and oxygen atoms in total. The molecular weight excluding hydrogens is 340 g/mol. The van der Waals surface area contributed by atoms with Gasteiger partial charge in [0.15, 0.2) is 0 Å². The molecular formula is C19H17F2N3O2. The van der Waals surface area contributed by atoms with Crippen molar-refractivity contribution in [3.05, 3.63) is 81.8 Å². The number of aromatic amines is 1. The zero-order chi connectivity index (χ0) is 18.7. The van der Waals surface area contributed by atoms with Crippen molar-refractivity contribution in [2.75, 3.05) is 5.32 Å². The molecule has 0 unspecified atom stereocenters. The maximum atomic E-state index is 13.0. The second-order valence-electron chi connectivity index (χ2n) is 5.89. The molecule has 1 amide bonds. The molecule has 3 rings (SSSR count). The number of halogens is 2. The van der Waals surface area contributed by atoms with Gasteiger partial charge in [0, 0.05) is 23.4 Å². The quantitative estimate of drug-likeness (QED) is 0.736. The number of carbonyl (C=O) groups excluding carboxylic acids is 1. The van der Waals surface area contributed by atoms with E-state index >= 15 is 0 Å². The Hall–Kier alpha value is -3.22. The van der Waals surface area contributed by atoms with Gasteiger partial charge in [-0.15, -0.1) is 0 Å². The number of benzene rings is 2. The van der Waals surface area contributed by atoms with Crippen LogP contribution in [0.15, 0.2) is 53.3 Å². The van der Waals surface area contributed by atoms with Crippen molar-refractivity contribution in [2.45, 2.75) is 19.8 Å². The molecule has 0 aliphatic rings. The van der Waals surface area contributed by atoms with Crippen molar-refractivity contribution in [1.29, 1.82) is 0 Å². The van der Waals surface area contributed by atoms with Crippen molar-refractivity contribution in [3.8, 4) is 5.69 Å². The van der Waals surface area contributed by atoms with Gasteiger partial charge in [0.25, 0.3) is 5.56 Å². The number of hydrogen-bond donors (Lipinski definition) is 2. The molecule has 0 bridgehead atoms. The lowest BCUT2D eigenvalue weighted by atomic mass is 10.1. The number of hydrogen-bond acceptors (Lipinski definition) is 2. The first-order valence-electron chi connectivity index (χ1n) is 8.06. The summed E-state index contributed by atoms with van der Waals surface area (Å²) in [4.78, 5) is 24.6. The molecule has 0 fully saturated rings. The van der Waals surface area contributed by atoms with E-state index in [2.05, 4.69) is 10.4 Å². The fourth-order valence-corrected chi connectivity index (χ4v) is 2.64. The number of anilines is 1. The van der Waals surface area contributed by atoms with Crippen molar-refractivity contribution >= 4 is 11.6 Å². The van der Waals surface area contributed by atoms with E-state index in [1.165, 1.54) is 53.2 Å². The van der Waals surface area contributed by atoms with E-state index in [0.29, 0.717) is 22.6 Å². The van der Waals surface area contributed by atoms with Crippen LogP contribution < -0.4 is 10.9 Å². The van der Waals surface area contributed by atoms with Gasteiger partial charge in [-0.3, -0.25) is 14.7 Å². The third-order valence-corrected chi connectivity index (χ3v) is 4.01. The van der Waals surface area contributed by atoms with Crippen molar-refractivity contribution in [2.24, 2.45) is 0 Å². The second-order valence-corrected chi connectivity index (χ2v) is 5.89. The van der Waals surface area contributed by atoms with Crippen LogP contribution in [0.25, 0.3) is 5.69 Å². The molecule has 1 aromatic heterocycles. The van der Waals surface area contributed by atoms with Crippen LogP contribution in [0.5, 0.6) is 0 Å². The molecule has 0 atom stereocenters. The fraction of sp³-hybridized carbons (Fsp3) is 0.158. The van der Waals surface area contributed by atoms with Gasteiger partial charge in [0.2, 0.25) is 5.91 Å². The number of aryl methyl sites for hydroxylation is 1. The number of carbonyl (C=O) groups is 1. The SMILES string of the molecule is Cc1[nH]n(-c2ccc(F)cc2)c(=O)c1CCC(=O)Nc1ccc(F)cc1. The summed E-state index contributed by atoms with van der Waals surface area (Å²) in [5.74, 6) is -1.04. The minimum Gasteiger partial charge on any atom is -0.326 e. The number of nitrogens with zero attached hydrogens (tertiary/aromatic N) is 1. The van der Waals surface area contributed by atoms with Crippen LogP contribution in [0.3, 0.4) is 0 Å². The summed E-state index contributed by atoms with van der Waals surface area (Å²) in [6, 6.07) is 11.0. The van der Waals surface area contributed by atoms with Gasteiger partial charge >= 0.3 is 0 Å². The normalized spacial score (nSPS) is 10.7. The van der Waals surface area contributed by atoms with E-state index in [0.717, 1.165) is 0 Å². The summed E-state index contributed by atoms with van der Waals surface area (Å²) in [6.07, 6.45) is 0.358. The van der Waals surface area contributed by atoms with Crippen LogP contribution in [0.4, 0.5) is 14.5 Å². The molecule has 26 heavy (non-hydrogen) atoms. The highest BCUT2D eigenvalue weighted by Crippen LogP contribution is 2.12. The lowest BCUT2D eigenvalue weighted by Crippen LogP contribution is -2.19. The fourth-order valence-electron chi connectivity index (χ4n) is 2.64. The molecule has 2 aromatic carbocycles. The van der Waals surface area contributed by atoms with Gasteiger partial charge in [-0.05, 0) is 61.9 Å². The molecule has 0 aliphatic carbocycles. The summed E-state index contributed by atoms with van der Waals surface area (Å²) in [7, 11) is 0. The highest BCUT2D eigenvalue weighted by atomic mass is 19.1. The Balaban J connectivity index is 1.70. The van der Waals surface area contributed by atoms with Gasteiger partial charge in [-0.25, -0.2) is 13.5 Å². The van der Waals surface area contributed by atoms with Crippen LogP contribution in [-0.2, 0) is 11.2 Å². The van der Waals surface area contributed by atoms with Crippen molar-refractivity contribution in [1.82, 2.24) is 9.78 Å². The van der Waals surface area contributed by atoms with Crippen LogP contribution >= 0.6 is 0 Å². The lowest BCUT2D eigenvalue weighted by Gasteiger charge is -2.04. The van der Waals surface area contributed by atoms with E-state index in [4.69, 9.17) is 0 Å². The van der Waals surface area contributed by atoms with Gasteiger partial charge in [-0.2, -0.15) is 0 Å². The molecule has 0 saturated heterocycles. The topological polar surface area (TPSA) is 66.9 Å². The summed E-state index contributed by atoms with van der Waals surface area (Å²) in [5.41, 5.74) is 1.87. The van der Waals surface area contributed by atoms with E-state index < -0.39 is 0 Å². The Morgan fingerprint density at radius 3 is 2.23 bits per heavy atom. The highest BCUT2D eigenvalue weighted by Gasteiger charge is 2.14. The molecule has 134 valence electrons. The van der Waals surface area contributed by atoms with Gasteiger partial charge < -0.3 is 5.32 Å². The third kappa shape index (κ3) is 3.88. The Bertz CT molecular complexity index is 974. The summed E-state index contributed by atoms with van der Waals surface area (Å²) >= 11 is 0. The molecule has 0 spiro atoms. The van der Waals surface area contributed by atoms with Gasteiger partial charge in [0.1, 0.15) is 11.6 Å². The monoisotopic (exact) mass is 357 g/mol. The number of nitrogens with one attached hydrogen (secondary N) is 2. The molecule has 0 saturated carbocycles. The molecule has 2 N–H and O–H groups in total. The smallest absolute Gasteiger partial charge is 0.274 e. The standard InChI is InChI=1S/C19H17F2N3O2/c1-12-17(10-11-18(25)22-15-6-2-13(20)3-7-15)19(26)24(23-12)16-8-4-14(21)5-9-16/h2-9,23H,10-11H2,1H3,(H,22,25). The lowest BCUT2D eigenvalue weighted by molar-refractivity contribution is -0.116. The Morgan fingerprint density at radius 2 is 1.62 bits per heavy atom. The van der Waals surface area contributed by atoms with Crippen molar-refractivity contribution in [3.63, 3.8) is 0 Å². The Labute approximate surface area is 148 Å². The average Bonchev–Trinajstić information content (AvgIpc) is 2.90. The summed E-state index contributed by atoms with van der Waals surface area (Å²) in [5, 5.41) is 5.59. The first-order valence-corrected chi connectivity index (χ1v) is 8.06.